The molecule has 0 unspecified atom stereocenters. The van der Waals surface area contributed by atoms with Gasteiger partial charge in [0.1, 0.15) is 30.2 Å². The first-order chi connectivity index (χ1) is 22.5. The maximum Gasteiger partial charge on any atom is 0.315 e. The quantitative estimate of drug-likeness (QED) is 0.0514. The number of fused-ring (bicyclic) bond motifs is 2. The van der Waals surface area contributed by atoms with Crippen LogP contribution in [0.3, 0.4) is 0 Å². The SMILES string of the molecule is CCN(CC)CC.[N-]=[N+]=N[C@@H]1[C@H](O)[C@@H](CNS(=O)(=O)NC(=O)CCCC[C@@H]2SC[C@@H]3NC(=O)N[C@@H]32)O[C@H]1n1cnc2c(N)ncnc21. The van der Waals surface area contributed by atoms with E-state index in [0.717, 1.165) is 12.2 Å². The Morgan fingerprint density at radius 3 is 2.68 bits per heavy atom. The molecule has 3 fully saturated rings. The number of aliphatic hydroxyl groups excluding tert-OH is 1. The number of hydrogen-bond acceptors (Lipinski definition) is 13. The molecule has 21 heteroatoms. The number of nitrogen functional groups attached to an aromatic ring is 1. The van der Waals surface area contributed by atoms with Crippen LogP contribution < -0.4 is 25.8 Å². The molecular formula is C26H43N13O6S2. The summed E-state index contributed by atoms with van der Waals surface area (Å²) in [7, 11) is -4.26. The molecule has 2 aromatic heterocycles. The number of anilines is 1. The number of imidazole rings is 1. The number of carbonyl (C=O) groups excluding carboxylic acids is 2. The van der Waals surface area contributed by atoms with Gasteiger partial charge >= 0.3 is 16.2 Å². The van der Waals surface area contributed by atoms with Gasteiger partial charge in [0.05, 0.1) is 24.5 Å². The van der Waals surface area contributed by atoms with E-state index in [1.54, 1.807) is 11.8 Å². The molecule has 0 aliphatic carbocycles. The predicted molar refractivity (Wildman–Crippen MR) is 175 cm³/mol. The Balaban J connectivity index is 0.000000644. The Morgan fingerprint density at radius 1 is 1.26 bits per heavy atom. The summed E-state index contributed by atoms with van der Waals surface area (Å²) in [5.74, 6) is 0.276. The highest BCUT2D eigenvalue weighted by Crippen LogP contribution is 2.35. The molecule has 0 aromatic carbocycles. The zero-order valence-corrected chi connectivity index (χ0v) is 28.2. The van der Waals surface area contributed by atoms with Gasteiger partial charge in [0.25, 0.3) is 0 Å². The minimum Gasteiger partial charge on any atom is -0.390 e. The Bertz CT molecular complexity index is 1530. The maximum atomic E-state index is 12.5. The fourth-order valence-corrected chi connectivity index (χ4v) is 8.14. The highest BCUT2D eigenvalue weighted by atomic mass is 32.2. The summed E-state index contributed by atoms with van der Waals surface area (Å²) < 4.78 is 36.3. The molecule has 0 bridgehead atoms. The normalized spacial score (nSPS) is 26.7. The second kappa shape index (κ2) is 16.6. The number of aliphatic hydroxyl groups is 1. The predicted octanol–water partition coefficient (Wildman–Crippen LogP) is 0.370. The third-order valence-electron chi connectivity index (χ3n) is 8.33. The number of nitrogens with two attached hydrogens (primary N) is 1. The van der Waals surface area contributed by atoms with Crippen molar-refractivity contribution >= 4 is 50.9 Å². The third-order valence-corrected chi connectivity index (χ3v) is 10.9. The number of ether oxygens (including phenoxy) is 1. The number of rotatable bonds is 14. The summed E-state index contributed by atoms with van der Waals surface area (Å²) in [4.78, 5) is 41.0. The summed E-state index contributed by atoms with van der Waals surface area (Å²) in [6, 6.07) is -1.11. The Hall–Kier alpha value is -3.46. The number of azide groups is 1. The van der Waals surface area contributed by atoms with Gasteiger partial charge < -0.3 is 31.1 Å². The molecule has 0 radical (unpaired) electrons. The van der Waals surface area contributed by atoms with Gasteiger partial charge in [-0.2, -0.15) is 24.9 Å². The second-order valence-electron chi connectivity index (χ2n) is 11.2. The average Bonchev–Trinajstić information content (AvgIpc) is 3.80. The maximum absolute atomic E-state index is 12.5. The molecule has 0 spiro atoms. The highest BCUT2D eigenvalue weighted by molar-refractivity contribution is 8.00. The molecule has 2 aromatic rings. The molecule has 5 rings (SSSR count). The number of amides is 3. The fourth-order valence-electron chi connectivity index (χ4n) is 5.74. The van der Waals surface area contributed by atoms with Crippen LogP contribution in [0.25, 0.3) is 21.6 Å². The van der Waals surface area contributed by atoms with Crippen LogP contribution in [0.5, 0.6) is 0 Å². The van der Waals surface area contributed by atoms with Crippen LogP contribution in [-0.2, 0) is 19.7 Å². The molecule has 7 atom stereocenters. The van der Waals surface area contributed by atoms with Crippen LogP contribution in [0.15, 0.2) is 17.8 Å². The minimum atomic E-state index is -4.26. The van der Waals surface area contributed by atoms with Crippen molar-refractivity contribution < 1.29 is 27.9 Å². The molecule has 3 aliphatic rings. The van der Waals surface area contributed by atoms with Crippen molar-refractivity contribution in [2.45, 2.75) is 88.3 Å². The van der Waals surface area contributed by atoms with Crippen LogP contribution in [-0.4, -0.2) is 117 Å². The van der Waals surface area contributed by atoms with E-state index in [1.165, 1.54) is 36.9 Å². The molecular weight excluding hydrogens is 655 g/mol. The molecule has 47 heavy (non-hydrogen) atoms. The van der Waals surface area contributed by atoms with Crippen molar-refractivity contribution in [2.24, 2.45) is 5.11 Å². The Morgan fingerprint density at radius 2 is 2.00 bits per heavy atom. The van der Waals surface area contributed by atoms with Crippen molar-refractivity contribution in [3.8, 4) is 0 Å². The number of thioether (sulfide) groups is 1. The van der Waals surface area contributed by atoms with Crippen LogP contribution in [0, 0.1) is 0 Å². The van der Waals surface area contributed by atoms with Gasteiger partial charge in [-0.25, -0.2) is 24.5 Å². The van der Waals surface area contributed by atoms with Crippen molar-refractivity contribution in [2.75, 3.05) is 37.7 Å². The molecule has 3 saturated heterocycles. The molecule has 19 nitrogen and oxygen atoms in total. The first-order valence-electron chi connectivity index (χ1n) is 15.5. The molecule has 5 heterocycles. The van der Waals surface area contributed by atoms with Gasteiger partial charge in [-0.3, -0.25) is 9.36 Å². The van der Waals surface area contributed by atoms with Crippen molar-refractivity contribution in [1.29, 1.82) is 0 Å². The zero-order chi connectivity index (χ0) is 34.1. The zero-order valence-electron chi connectivity index (χ0n) is 26.5. The molecule has 260 valence electrons. The van der Waals surface area contributed by atoms with Gasteiger partial charge in [-0.05, 0) is 38.0 Å². The van der Waals surface area contributed by atoms with E-state index >= 15 is 0 Å². The van der Waals surface area contributed by atoms with E-state index in [2.05, 4.69) is 66.0 Å². The molecule has 7 N–H and O–H groups in total. The van der Waals surface area contributed by atoms with Gasteiger partial charge in [0.2, 0.25) is 5.91 Å². The largest absolute Gasteiger partial charge is 0.390 e. The lowest BCUT2D eigenvalue weighted by molar-refractivity contribution is -0.119. The van der Waals surface area contributed by atoms with E-state index in [4.69, 9.17) is 16.0 Å². The number of nitrogens with zero attached hydrogens (tertiary/aromatic N) is 8. The first-order valence-corrected chi connectivity index (χ1v) is 18.1. The monoisotopic (exact) mass is 697 g/mol. The second-order valence-corrected chi connectivity index (χ2v) is 14.0. The Labute approximate surface area is 277 Å². The number of urea groups is 1. The molecule has 0 saturated carbocycles. The van der Waals surface area contributed by atoms with Gasteiger partial charge in [-0.15, -0.1) is 0 Å². The van der Waals surface area contributed by atoms with Crippen molar-refractivity contribution in [3.05, 3.63) is 23.1 Å². The number of unbranched alkanes of at least 4 members (excludes halogenated alkanes) is 1. The molecule has 3 aliphatic heterocycles. The van der Waals surface area contributed by atoms with E-state index in [1.807, 2.05) is 4.72 Å². The van der Waals surface area contributed by atoms with Gasteiger partial charge in [0.15, 0.2) is 11.5 Å². The lowest BCUT2D eigenvalue weighted by Crippen LogP contribution is -2.45. The van der Waals surface area contributed by atoms with Gasteiger partial charge in [-0.1, -0.05) is 32.3 Å². The van der Waals surface area contributed by atoms with Crippen LogP contribution >= 0.6 is 11.8 Å². The van der Waals surface area contributed by atoms with Crippen molar-refractivity contribution in [1.82, 2.24) is 44.5 Å². The van der Waals surface area contributed by atoms with E-state index < -0.39 is 47.1 Å². The Kier molecular flexibility index (Phi) is 12.8. The summed E-state index contributed by atoms with van der Waals surface area (Å²) in [6.07, 6.45) is 0.950. The van der Waals surface area contributed by atoms with Crippen LogP contribution in [0.2, 0.25) is 0 Å². The van der Waals surface area contributed by atoms with Gasteiger partial charge in [0, 0.05) is 28.9 Å². The van der Waals surface area contributed by atoms with E-state index in [9.17, 15) is 23.1 Å². The number of nitrogens with one attached hydrogen (secondary N) is 4. The van der Waals surface area contributed by atoms with E-state index in [-0.39, 0.29) is 46.8 Å². The summed E-state index contributed by atoms with van der Waals surface area (Å²) in [5.41, 5.74) is 15.4. The summed E-state index contributed by atoms with van der Waals surface area (Å²) in [5, 5.41) is 20.4. The number of hydrogen-bond donors (Lipinski definition) is 6. The number of aromatic nitrogens is 4. The smallest absolute Gasteiger partial charge is 0.315 e. The van der Waals surface area contributed by atoms with E-state index in [0.29, 0.717) is 12.8 Å². The fraction of sp³-hybridized carbons (Fsp3) is 0.731. The third kappa shape index (κ3) is 9.12. The van der Waals surface area contributed by atoms with Crippen molar-refractivity contribution in [3.63, 3.8) is 0 Å². The lowest BCUT2D eigenvalue weighted by atomic mass is 10.0. The van der Waals surface area contributed by atoms with Crippen LogP contribution in [0.1, 0.15) is 52.7 Å². The average molecular weight is 698 g/mol. The minimum absolute atomic E-state index is 0.000716. The first kappa shape index (κ1) is 36.4. The summed E-state index contributed by atoms with van der Waals surface area (Å²) in [6.45, 7) is 9.71. The lowest BCUT2D eigenvalue weighted by Gasteiger charge is -2.17. The van der Waals surface area contributed by atoms with Crippen LogP contribution in [0.4, 0.5) is 10.6 Å². The summed E-state index contributed by atoms with van der Waals surface area (Å²) >= 11 is 1.77. The topological polar surface area (TPSA) is 267 Å². The molecule has 3 amide bonds. The standard InChI is InChI=1S/C20H28N12O6S2.C6H15N/c21-17-15-18(24-7-23-17)32(8-25-15)19-14(29-31-22)16(34)10(38-19)5-26-40(36,37)30-12(33)4-2-1-3-11-13-9(6-39-11)27-20(35)28-13;1-4-7(5-2)6-3/h7-11,13-14,16,19,26,34H,1-6H2,(H,30,33)(H2,21,23,24)(H2,27,28,35);4-6H2,1-3H3/t9-,10+,11-,13-,14+,16+,19+;/m0./s1. The highest BCUT2D eigenvalue weighted by Gasteiger charge is 2.45. The number of carbonyl (C=O) groups is 2.